The molecule has 3 rings (SSSR count). The number of aliphatic hydroxyl groups excluding tert-OH is 2. The van der Waals surface area contributed by atoms with Gasteiger partial charge in [-0.25, -0.2) is 0 Å². The Morgan fingerprint density at radius 2 is 1.96 bits per heavy atom. The predicted molar refractivity (Wildman–Crippen MR) is 109 cm³/mol. The monoisotopic (exact) mass is 390 g/mol. The second-order valence-corrected chi connectivity index (χ2v) is 8.44. The molecule has 6 heteroatoms. The first-order valence-corrected chi connectivity index (χ1v) is 10.5. The molecule has 156 valence electrons. The number of benzene rings is 1. The molecule has 2 fully saturated rings. The van der Waals surface area contributed by atoms with Gasteiger partial charge in [-0.3, -0.25) is 4.79 Å². The van der Waals surface area contributed by atoms with Crippen molar-refractivity contribution in [2.45, 2.75) is 63.5 Å². The number of anilines is 1. The number of carbonyl (C=O) groups excluding carboxylic acids is 1. The van der Waals surface area contributed by atoms with Crippen molar-refractivity contribution in [2.75, 3.05) is 32.1 Å². The fourth-order valence-corrected chi connectivity index (χ4v) is 4.92. The van der Waals surface area contributed by atoms with Gasteiger partial charge in [-0.05, 0) is 49.9 Å². The molecule has 6 nitrogen and oxygen atoms in total. The number of ether oxygens (including phenoxy) is 1. The molecular formula is C22H34N2O4. The molecular weight excluding hydrogens is 356 g/mol. The molecule has 1 amide bonds. The molecule has 2 aliphatic rings. The van der Waals surface area contributed by atoms with Crippen LogP contribution in [-0.2, 0) is 4.79 Å². The highest BCUT2D eigenvalue weighted by Crippen LogP contribution is 2.39. The number of nitrogens with one attached hydrogen (secondary N) is 1. The maximum absolute atomic E-state index is 13.6. The van der Waals surface area contributed by atoms with E-state index in [1.54, 1.807) is 7.11 Å². The fraction of sp³-hybridized carbons (Fsp3) is 0.682. The first-order chi connectivity index (χ1) is 13.5. The summed E-state index contributed by atoms with van der Waals surface area (Å²) in [6.07, 6.45) is 5.19. The van der Waals surface area contributed by atoms with Crippen molar-refractivity contribution in [3.63, 3.8) is 0 Å². The number of carbonyl (C=O) groups is 1. The summed E-state index contributed by atoms with van der Waals surface area (Å²) < 4.78 is 5.22. The van der Waals surface area contributed by atoms with Crippen LogP contribution in [-0.4, -0.2) is 59.5 Å². The number of amides is 1. The van der Waals surface area contributed by atoms with Gasteiger partial charge in [0.05, 0.1) is 19.8 Å². The molecule has 1 heterocycles. The number of likely N-dealkylation sites (tertiary alicyclic amines) is 1. The van der Waals surface area contributed by atoms with E-state index in [2.05, 4.69) is 12.2 Å². The molecule has 0 spiro atoms. The number of piperidine rings is 1. The molecule has 2 atom stereocenters. The normalized spacial score (nSPS) is 26.9. The van der Waals surface area contributed by atoms with Gasteiger partial charge in [0.15, 0.2) is 0 Å². The van der Waals surface area contributed by atoms with Gasteiger partial charge in [0.2, 0.25) is 5.91 Å². The Labute approximate surface area is 167 Å². The van der Waals surface area contributed by atoms with E-state index in [0.29, 0.717) is 25.9 Å². The van der Waals surface area contributed by atoms with E-state index in [1.165, 1.54) is 0 Å². The lowest BCUT2D eigenvalue weighted by Crippen LogP contribution is -2.60. The topological polar surface area (TPSA) is 82.0 Å². The zero-order valence-corrected chi connectivity index (χ0v) is 17.1. The molecule has 1 saturated heterocycles. The highest BCUT2D eigenvalue weighted by atomic mass is 16.5. The van der Waals surface area contributed by atoms with Crippen LogP contribution in [0.5, 0.6) is 5.75 Å². The number of methoxy groups -OCH3 is 1. The Hall–Kier alpha value is -1.79. The van der Waals surface area contributed by atoms with Crippen molar-refractivity contribution in [2.24, 2.45) is 5.41 Å². The summed E-state index contributed by atoms with van der Waals surface area (Å²) in [5.74, 6) is 0.885. The summed E-state index contributed by atoms with van der Waals surface area (Å²) >= 11 is 0. The smallest absolute Gasteiger partial charge is 0.248 e. The van der Waals surface area contributed by atoms with E-state index in [0.717, 1.165) is 43.5 Å². The Balaban J connectivity index is 1.80. The number of nitrogens with zero attached hydrogens (tertiary/aromatic N) is 1. The van der Waals surface area contributed by atoms with Crippen LogP contribution >= 0.6 is 0 Å². The van der Waals surface area contributed by atoms with Gasteiger partial charge in [-0.2, -0.15) is 0 Å². The highest BCUT2D eigenvalue weighted by Gasteiger charge is 2.49. The second-order valence-electron chi connectivity index (χ2n) is 8.44. The van der Waals surface area contributed by atoms with Gasteiger partial charge in [-0.1, -0.05) is 26.2 Å². The largest absolute Gasteiger partial charge is 0.497 e. The molecule has 1 aromatic carbocycles. The van der Waals surface area contributed by atoms with Gasteiger partial charge < -0.3 is 25.2 Å². The van der Waals surface area contributed by atoms with Gasteiger partial charge in [-0.15, -0.1) is 0 Å². The van der Waals surface area contributed by atoms with Crippen molar-refractivity contribution < 1.29 is 19.7 Å². The van der Waals surface area contributed by atoms with Gasteiger partial charge >= 0.3 is 0 Å². The van der Waals surface area contributed by atoms with Crippen LogP contribution in [0.15, 0.2) is 24.3 Å². The third-order valence-corrected chi connectivity index (χ3v) is 6.58. The molecule has 0 aromatic heterocycles. The maximum Gasteiger partial charge on any atom is 0.248 e. The van der Waals surface area contributed by atoms with Crippen molar-refractivity contribution in [1.29, 1.82) is 0 Å². The Bertz CT molecular complexity index is 657. The summed E-state index contributed by atoms with van der Waals surface area (Å²) in [4.78, 5) is 15.5. The van der Waals surface area contributed by atoms with Crippen LogP contribution in [0.25, 0.3) is 0 Å². The summed E-state index contributed by atoms with van der Waals surface area (Å²) in [7, 11) is 1.64. The molecule has 1 aliphatic heterocycles. The Morgan fingerprint density at radius 1 is 1.29 bits per heavy atom. The second kappa shape index (κ2) is 8.70. The van der Waals surface area contributed by atoms with Crippen LogP contribution in [0, 0.1) is 5.41 Å². The average Bonchev–Trinajstić information content (AvgIpc) is 3.19. The van der Waals surface area contributed by atoms with Crippen LogP contribution in [0.1, 0.15) is 51.9 Å². The lowest BCUT2D eigenvalue weighted by Gasteiger charge is -2.47. The van der Waals surface area contributed by atoms with E-state index in [1.807, 2.05) is 29.2 Å². The van der Waals surface area contributed by atoms with Gasteiger partial charge in [0.25, 0.3) is 0 Å². The summed E-state index contributed by atoms with van der Waals surface area (Å²) in [6, 6.07) is 7.68. The van der Waals surface area contributed by atoms with Crippen LogP contribution in [0.2, 0.25) is 0 Å². The van der Waals surface area contributed by atoms with E-state index in [4.69, 9.17) is 4.74 Å². The minimum atomic E-state index is -0.609. The van der Waals surface area contributed by atoms with E-state index in [-0.39, 0.29) is 12.5 Å². The molecule has 28 heavy (non-hydrogen) atoms. The zero-order chi connectivity index (χ0) is 20.2. The van der Waals surface area contributed by atoms with Crippen LogP contribution in [0.3, 0.4) is 0 Å². The van der Waals surface area contributed by atoms with Crippen LogP contribution in [0.4, 0.5) is 5.69 Å². The summed E-state index contributed by atoms with van der Waals surface area (Å²) in [5.41, 5.74) is -0.303. The maximum atomic E-state index is 13.6. The first-order valence-electron chi connectivity index (χ1n) is 10.5. The molecule has 3 N–H and O–H groups in total. The zero-order valence-electron chi connectivity index (χ0n) is 17.1. The number of rotatable bonds is 7. The predicted octanol–water partition coefficient (Wildman–Crippen LogP) is 2.79. The minimum absolute atomic E-state index is 0.0926. The Morgan fingerprint density at radius 3 is 2.54 bits per heavy atom. The number of aliphatic hydroxyl groups is 2. The van der Waals surface area contributed by atoms with Crippen molar-refractivity contribution in [1.82, 2.24) is 4.90 Å². The van der Waals surface area contributed by atoms with E-state index >= 15 is 0 Å². The lowest BCUT2D eigenvalue weighted by molar-refractivity contribution is -0.147. The molecule has 0 unspecified atom stereocenters. The standard InChI is InChI=1S/C22H34N2O4/c1-3-11-21(16-25)15-24(14-10-19(21)26)20(27)22(12-4-5-13-22)23-17-6-8-18(28-2)9-7-17/h6-9,19,23,25-26H,3-5,10-16H2,1-2H3/t19-,21+/m0/s1. The summed E-state index contributed by atoms with van der Waals surface area (Å²) in [5, 5.41) is 24.1. The third-order valence-electron chi connectivity index (χ3n) is 6.58. The van der Waals surface area contributed by atoms with Crippen molar-refractivity contribution in [3.8, 4) is 5.75 Å². The fourth-order valence-electron chi connectivity index (χ4n) is 4.92. The molecule has 1 aromatic rings. The van der Waals surface area contributed by atoms with Crippen LogP contribution < -0.4 is 10.1 Å². The third kappa shape index (κ3) is 3.98. The molecule has 0 bridgehead atoms. The van der Waals surface area contributed by atoms with Crippen molar-refractivity contribution >= 4 is 11.6 Å². The Kier molecular flexibility index (Phi) is 6.50. The highest BCUT2D eigenvalue weighted by molar-refractivity contribution is 5.90. The summed E-state index contributed by atoms with van der Waals surface area (Å²) in [6.45, 7) is 2.92. The number of hydrogen-bond acceptors (Lipinski definition) is 5. The average molecular weight is 391 g/mol. The van der Waals surface area contributed by atoms with Gasteiger partial charge in [0, 0.05) is 24.2 Å². The van der Waals surface area contributed by atoms with E-state index < -0.39 is 17.1 Å². The first kappa shape index (κ1) is 20.9. The van der Waals surface area contributed by atoms with Crippen molar-refractivity contribution in [3.05, 3.63) is 24.3 Å². The SMILES string of the molecule is CCC[C@]1(CO)CN(C(=O)C2(Nc3ccc(OC)cc3)CCCC2)CC[C@@H]1O. The molecule has 0 radical (unpaired) electrons. The molecule has 1 aliphatic carbocycles. The van der Waals surface area contributed by atoms with Gasteiger partial charge in [0.1, 0.15) is 11.3 Å². The van der Waals surface area contributed by atoms with E-state index in [9.17, 15) is 15.0 Å². The quantitative estimate of drug-likeness (QED) is 0.667. The minimum Gasteiger partial charge on any atom is -0.497 e. The lowest BCUT2D eigenvalue weighted by atomic mass is 9.74. The number of hydrogen-bond donors (Lipinski definition) is 3. The molecule has 1 saturated carbocycles.